The van der Waals surface area contributed by atoms with E-state index < -0.39 is 10.0 Å². The minimum atomic E-state index is -3.67. The Labute approximate surface area is 148 Å². The van der Waals surface area contributed by atoms with Crippen LogP contribution in [-0.2, 0) is 16.4 Å². The summed E-state index contributed by atoms with van der Waals surface area (Å²) in [5.41, 5.74) is 3.82. The van der Waals surface area contributed by atoms with Gasteiger partial charge in [-0.25, -0.2) is 13.6 Å². The van der Waals surface area contributed by atoms with Crippen molar-refractivity contribution in [3.05, 3.63) is 52.8 Å². The van der Waals surface area contributed by atoms with Crippen LogP contribution in [0.5, 0.6) is 0 Å². The van der Waals surface area contributed by atoms with Crippen molar-refractivity contribution in [3.63, 3.8) is 0 Å². The Balaban J connectivity index is 1.59. The van der Waals surface area contributed by atoms with Gasteiger partial charge in [0.2, 0.25) is 10.0 Å². The van der Waals surface area contributed by atoms with E-state index in [1.807, 2.05) is 19.9 Å². The maximum absolute atomic E-state index is 12.4. The Bertz CT molecular complexity index is 894. The van der Waals surface area contributed by atoms with Crippen LogP contribution in [0.15, 0.2) is 35.2 Å². The van der Waals surface area contributed by atoms with Crippen molar-refractivity contribution in [2.75, 3.05) is 6.54 Å². The largest absolute Gasteiger partial charge is 0.352 e. The molecule has 1 saturated carbocycles. The van der Waals surface area contributed by atoms with E-state index in [1.165, 1.54) is 25.0 Å². The fourth-order valence-electron chi connectivity index (χ4n) is 3.16. The van der Waals surface area contributed by atoms with Gasteiger partial charge in [0, 0.05) is 24.0 Å². The number of primary sulfonamides is 1. The predicted molar refractivity (Wildman–Crippen MR) is 96.0 cm³/mol. The molecule has 7 heteroatoms. The van der Waals surface area contributed by atoms with Gasteiger partial charge in [0.25, 0.3) is 5.91 Å². The molecule has 1 fully saturated rings. The predicted octanol–water partition coefficient (Wildman–Crippen LogP) is 2.06. The third-order valence-electron chi connectivity index (χ3n) is 4.59. The number of rotatable bonds is 6. The molecule has 1 amide bonds. The van der Waals surface area contributed by atoms with E-state index >= 15 is 0 Å². The highest BCUT2D eigenvalue weighted by molar-refractivity contribution is 7.89. The molecular formula is C18H23N3O3S. The molecule has 1 aliphatic rings. The average molecular weight is 361 g/mol. The smallest absolute Gasteiger partial charge is 0.253 e. The first-order valence-corrected chi connectivity index (χ1v) is 9.90. The van der Waals surface area contributed by atoms with Gasteiger partial charge in [-0.1, -0.05) is 12.1 Å². The maximum atomic E-state index is 12.4. The van der Waals surface area contributed by atoms with Crippen molar-refractivity contribution in [2.45, 2.75) is 44.0 Å². The molecule has 0 radical (unpaired) electrons. The summed E-state index contributed by atoms with van der Waals surface area (Å²) in [6.07, 6.45) is 3.00. The van der Waals surface area contributed by atoms with Gasteiger partial charge in [0.1, 0.15) is 0 Å². The number of amides is 1. The fourth-order valence-corrected chi connectivity index (χ4v) is 3.68. The van der Waals surface area contributed by atoms with E-state index in [0.29, 0.717) is 19.0 Å². The summed E-state index contributed by atoms with van der Waals surface area (Å²) in [6, 6.07) is 8.89. The molecular weight excluding hydrogens is 338 g/mol. The summed E-state index contributed by atoms with van der Waals surface area (Å²) in [7, 11) is -3.67. The monoisotopic (exact) mass is 361 g/mol. The Morgan fingerprint density at radius 3 is 2.44 bits per heavy atom. The van der Waals surface area contributed by atoms with Gasteiger partial charge in [0.05, 0.1) is 10.5 Å². The number of sulfonamides is 1. The lowest BCUT2D eigenvalue weighted by molar-refractivity contribution is 0.0953. The van der Waals surface area contributed by atoms with Crippen molar-refractivity contribution < 1.29 is 13.2 Å². The van der Waals surface area contributed by atoms with E-state index in [1.54, 1.807) is 12.1 Å². The summed E-state index contributed by atoms with van der Waals surface area (Å²) in [5, 5.41) is 8.02. The molecule has 1 aliphatic carbocycles. The summed E-state index contributed by atoms with van der Waals surface area (Å²) >= 11 is 0. The number of nitrogens with zero attached hydrogens (tertiary/aromatic N) is 1. The molecule has 2 aromatic rings. The van der Waals surface area contributed by atoms with Gasteiger partial charge >= 0.3 is 0 Å². The zero-order valence-corrected chi connectivity index (χ0v) is 15.3. The summed E-state index contributed by atoms with van der Waals surface area (Å²) in [6.45, 7) is 4.52. The van der Waals surface area contributed by atoms with Gasteiger partial charge in [-0.2, -0.15) is 0 Å². The number of nitrogens with one attached hydrogen (secondary N) is 1. The van der Waals surface area contributed by atoms with E-state index in [0.717, 1.165) is 22.5 Å². The van der Waals surface area contributed by atoms with Crippen LogP contribution in [0, 0.1) is 13.8 Å². The van der Waals surface area contributed by atoms with Gasteiger partial charge in [-0.05, 0) is 56.9 Å². The molecule has 134 valence electrons. The summed E-state index contributed by atoms with van der Waals surface area (Å²) in [5.74, 6) is -0.0684. The van der Waals surface area contributed by atoms with Crippen LogP contribution < -0.4 is 10.5 Å². The number of carbonyl (C=O) groups excluding carboxylic acids is 1. The third kappa shape index (κ3) is 3.93. The minimum Gasteiger partial charge on any atom is -0.352 e. The van der Waals surface area contributed by atoms with E-state index in [4.69, 9.17) is 5.14 Å². The number of aromatic nitrogens is 1. The first-order chi connectivity index (χ1) is 11.8. The Morgan fingerprint density at radius 2 is 1.88 bits per heavy atom. The first kappa shape index (κ1) is 17.7. The highest BCUT2D eigenvalue weighted by Crippen LogP contribution is 2.38. The van der Waals surface area contributed by atoms with Crippen molar-refractivity contribution in [1.29, 1.82) is 0 Å². The SMILES string of the molecule is Cc1cc(C(=O)NCCc2ccc(S(N)(=O)=O)cc2)c(C)n1C1CC1. The first-order valence-electron chi connectivity index (χ1n) is 8.36. The van der Waals surface area contributed by atoms with Crippen LogP contribution in [-0.4, -0.2) is 25.4 Å². The molecule has 6 nitrogen and oxygen atoms in total. The van der Waals surface area contributed by atoms with Crippen molar-refractivity contribution in [3.8, 4) is 0 Å². The van der Waals surface area contributed by atoms with Crippen molar-refractivity contribution in [1.82, 2.24) is 9.88 Å². The van der Waals surface area contributed by atoms with Crippen LogP contribution >= 0.6 is 0 Å². The second-order valence-corrected chi connectivity index (χ2v) is 8.14. The standard InChI is InChI=1S/C18H23N3O3S/c1-12-11-17(13(2)21(12)15-5-6-15)18(22)20-10-9-14-3-7-16(8-4-14)25(19,23)24/h3-4,7-8,11,15H,5-6,9-10H2,1-2H3,(H,20,22)(H2,19,23,24). The summed E-state index contributed by atoms with van der Waals surface area (Å²) < 4.78 is 24.7. The fraction of sp³-hybridized carbons (Fsp3) is 0.389. The minimum absolute atomic E-state index is 0.0684. The number of aryl methyl sites for hydroxylation is 1. The molecule has 0 saturated heterocycles. The van der Waals surface area contributed by atoms with Crippen molar-refractivity contribution >= 4 is 15.9 Å². The molecule has 25 heavy (non-hydrogen) atoms. The molecule has 0 atom stereocenters. The zero-order valence-electron chi connectivity index (χ0n) is 14.5. The number of benzene rings is 1. The lowest BCUT2D eigenvalue weighted by Gasteiger charge is -2.08. The lowest BCUT2D eigenvalue weighted by Crippen LogP contribution is -2.26. The quantitative estimate of drug-likeness (QED) is 0.824. The highest BCUT2D eigenvalue weighted by Gasteiger charge is 2.28. The van der Waals surface area contributed by atoms with Crippen LogP contribution in [0.4, 0.5) is 0 Å². The van der Waals surface area contributed by atoms with E-state index in [-0.39, 0.29) is 10.8 Å². The van der Waals surface area contributed by atoms with Crippen LogP contribution in [0.3, 0.4) is 0 Å². The Morgan fingerprint density at radius 1 is 1.24 bits per heavy atom. The maximum Gasteiger partial charge on any atom is 0.253 e. The molecule has 0 aliphatic heterocycles. The van der Waals surface area contributed by atoms with Crippen LogP contribution in [0.2, 0.25) is 0 Å². The van der Waals surface area contributed by atoms with Gasteiger partial charge in [-0.3, -0.25) is 4.79 Å². The lowest BCUT2D eigenvalue weighted by atomic mass is 10.1. The highest BCUT2D eigenvalue weighted by atomic mass is 32.2. The Hall–Kier alpha value is -2.12. The molecule has 0 spiro atoms. The zero-order chi connectivity index (χ0) is 18.2. The number of hydrogen-bond donors (Lipinski definition) is 2. The summed E-state index contributed by atoms with van der Waals surface area (Å²) in [4.78, 5) is 12.5. The van der Waals surface area contributed by atoms with Gasteiger partial charge in [0.15, 0.2) is 0 Å². The molecule has 1 aromatic carbocycles. The second-order valence-electron chi connectivity index (χ2n) is 6.58. The number of hydrogen-bond acceptors (Lipinski definition) is 3. The molecule has 3 rings (SSSR count). The number of carbonyl (C=O) groups is 1. The third-order valence-corrected chi connectivity index (χ3v) is 5.52. The Kier molecular flexibility index (Phi) is 4.71. The van der Waals surface area contributed by atoms with Gasteiger partial charge < -0.3 is 9.88 Å². The topological polar surface area (TPSA) is 94.2 Å². The van der Waals surface area contributed by atoms with E-state index in [9.17, 15) is 13.2 Å². The molecule has 3 N–H and O–H groups in total. The molecule has 1 aromatic heterocycles. The second kappa shape index (κ2) is 6.65. The number of nitrogens with two attached hydrogens (primary N) is 1. The normalized spacial score (nSPS) is 14.5. The average Bonchev–Trinajstić information content (AvgIpc) is 3.32. The van der Waals surface area contributed by atoms with Crippen LogP contribution in [0.25, 0.3) is 0 Å². The molecule has 0 bridgehead atoms. The molecule has 0 unspecified atom stereocenters. The van der Waals surface area contributed by atoms with Crippen LogP contribution in [0.1, 0.15) is 46.2 Å². The van der Waals surface area contributed by atoms with Gasteiger partial charge in [-0.15, -0.1) is 0 Å². The molecule has 1 heterocycles. The van der Waals surface area contributed by atoms with Crippen molar-refractivity contribution in [2.24, 2.45) is 5.14 Å². The van der Waals surface area contributed by atoms with E-state index in [2.05, 4.69) is 9.88 Å².